The first-order valence-electron chi connectivity index (χ1n) is 5.80. The van der Waals surface area contributed by atoms with Crippen LogP contribution in [0, 0.1) is 0 Å². The molecular formula is C12H16N4O2. The van der Waals surface area contributed by atoms with Crippen LogP contribution in [0.15, 0.2) is 24.8 Å². The van der Waals surface area contributed by atoms with Crippen LogP contribution in [0.3, 0.4) is 0 Å². The number of fused-ring (bicyclic) bond motifs is 1. The molecule has 6 heteroatoms. The van der Waals surface area contributed by atoms with Crippen LogP contribution < -0.4 is 0 Å². The quantitative estimate of drug-likeness (QED) is 0.858. The van der Waals surface area contributed by atoms with Gasteiger partial charge < -0.3 is 10.0 Å². The third-order valence-corrected chi connectivity index (χ3v) is 2.78. The van der Waals surface area contributed by atoms with E-state index >= 15 is 0 Å². The molecule has 1 atom stereocenters. The molecule has 0 aromatic carbocycles. The summed E-state index contributed by atoms with van der Waals surface area (Å²) in [7, 11) is 1.71. The molecule has 2 aromatic rings. The van der Waals surface area contributed by atoms with Gasteiger partial charge in [-0.05, 0) is 13.3 Å². The summed E-state index contributed by atoms with van der Waals surface area (Å²) in [6.07, 6.45) is 6.61. The van der Waals surface area contributed by atoms with E-state index in [0.717, 1.165) is 0 Å². The lowest BCUT2D eigenvalue weighted by Crippen LogP contribution is -2.29. The Bertz CT molecular complexity index is 550. The molecule has 0 aliphatic carbocycles. The summed E-state index contributed by atoms with van der Waals surface area (Å²) in [5, 5.41) is 13.3. The van der Waals surface area contributed by atoms with Crippen molar-refractivity contribution in [1.82, 2.24) is 19.5 Å². The molecule has 0 bridgehead atoms. The number of carbonyl (C=O) groups is 1. The number of hydrogen-bond acceptors (Lipinski definition) is 4. The number of aromatic nitrogens is 3. The average molecular weight is 248 g/mol. The van der Waals surface area contributed by atoms with Crippen molar-refractivity contribution in [1.29, 1.82) is 0 Å². The van der Waals surface area contributed by atoms with Crippen LogP contribution in [0.5, 0.6) is 0 Å². The Morgan fingerprint density at radius 2 is 2.33 bits per heavy atom. The van der Waals surface area contributed by atoms with E-state index in [1.807, 2.05) is 0 Å². The second kappa shape index (κ2) is 5.14. The van der Waals surface area contributed by atoms with Crippen LogP contribution in [0.4, 0.5) is 0 Å². The topological polar surface area (TPSA) is 70.7 Å². The number of aliphatic hydroxyl groups excluding tert-OH is 1. The van der Waals surface area contributed by atoms with Crippen molar-refractivity contribution in [3.05, 3.63) is 30.4 Å². The molecule has 96 valence electrons. The lowest BCUT2D eigenvalue weighted by atomic mass is 10.2. The van der Waals surface area contributed by atoms with Gasteiger partial charge in [0.15, 0.2) is 0 Å². The van der Waals surface area contributed by atoms with E-state index in [4.69, 9.17) is 0 Å². The standard InChI is InChI=1S/C12H16N4O2/c1-9(17)3-5-15(2)12(18)10-7-14-16-6-4-13-8-11(10)16/h4,6-9,17H,3,5H2,1-2H3. The van der Waals surface area contributed by atoms with Crippen molar-refractivity contribution in [2.75, 3.05) is 13.6 Å². The molecule has 1 amide bonds. The van der Waals surface area contributed by atoms with Gasteiger partial charge >= 0.3 is 0 Å². The van der Waals surface area contributed by atoms with Crippen LogP contribution in [0.2, 0.25) is 0 Å². The van der Waals surface area contributed by atoms with Gasteiger partial charge in [-0.15, -0.1) is 0 Å². The van der Waals surface area contributed by atoms with Crippen molar-refractivity contribution in [2.24, 2.45) is 0 Å². The molecule has 2 heterocycles. The van der Waals surface area contributed by atoms with E-state index in [2.05, 4.69) is 10.1 Å². The van der Waals surface area contributed by atoms with Gasteiger partial charge in [-0.1, -0.05) is 0 Å². The molecule has 2 rings (SSSR count). The summed E-state index contributed by atoms with van der Waals surface area (Å²) >= 11 is 0. The second-order valence-electron chi connectivity index (χ2n) is 4.33. The molecular weight excluding hydrogens is 232 g/mol. The van der Waals surface area contributed by atoms with Gasteiger partial charge in [0.2, 0.25) is 0 Å². The third-order valence-electron chi connectivity index (χ3n) is 2.78. The molecule has 0 fully saturated rings. The minimum atomic E-state index is -0.411. The number of nitrogens with zero attached hydrogens (tertiary/aromatic N) is 4. The monoisotopic (exact) mass is 248 g/mol. The molecule has 2 aromatic heterocycles. The Labute approximate surface area is 105 Å². The van der Waals surface area contributed by atoms with Crippen molar-refractivity contribution in [2.45, 2.75) is 19.4 Å². The number of rotatable bonds is 4. The predicted octanol–water partition coefficient (Wildman–Crippen LogP) is 0.572. The fourth-order valence-corrected chi connectivity index (χ4v) is 1.69. The largest absolute Gasteiger partial charge is 0.393 e. The third kappa shape index (κ3) is 2.48. The Morgan fingerprint density at radius 3 is 3.06 bits per heavy atom. The first kappa shape index (κ1) is 12.5. The van der Waals surface area contributed by atoms with Crippen molar-refractivity contribution in [3.63, 3.8) is 0 Å². The first-order chi connectivity index (χ1) is 8.59. The van der Waals surface area contributed by atoms with Gasteiger partial charge in [0, 0.05) is 26.0 Å². The van der Waals surface area contributed by atoms with Gasteiger partial charge in [-0.3, -0.25) is 9.78 Å². The molecule has 0 spiro atoms. The summed E-state index contributed by atoms with van der Waals surface area (Å²) in [5.41, 5.74) is 1.21. The molecule has 0 radical (unpaired) electrons. The highest BCUT2D eigenvalue weighted by molar-refractivity contribution is 6.00. The maximum atomic E-state index is 12.2. The number of carbonyl (C=O) groups excluding carboxylic acids is 1. The van der Waals surface area contributed by atoms with Crippen LogP contribution in [-0.2, 0) is 0 Å². The van der Waals surface area contributed by atoms with Crippen LogP contribution >= 0.6 is 0 Å². The van der Waals surface area contributed by atoms with Crippen LogP contribution in [0.1, 0.15) is 23.7 Å². The van der Waals surface area contributed by atoms with E-state index in [-0.39, 0.29) is 5.91 Å². The summed E-state index contributed by atoms with van der Waals surface area (Å²) in [4.78, 5) is 17.8. The molecule has 0 saturated heterocycles. The lowest BCUT2D eigenvalue weighted by Gasteiger charge is -2.17. The van der Waals surface area contributed by atoms with Gasteiger partial charge in [0.05, 0.1) is 29.6 Å². The fraction of sp³-hybridized carbons (Fsp3) is 0.417. The first-order valence-corrected chi connectivity index (χ1v) is 5.80. The Morgan fingerprint density at radius 1 is 1.56 bits per heavy atom. The van der Waals surface area contributed by atoms with E-state index in [9.17, 15) is 9.90 Å². The van der Waals surface area contributed by atoms with Crippen molar-refractivity contribution in [3.8, 4) is 0 Å². The van der Waals surface area contributed by atoms with E-state index in [0.29, 0.717) is 24.0 Å². The predicted molar refractivity (Wildman–Crippen MR) is 66.2 cm³/mol. The van der Waals surface area contributed by atoms with Crippen LogP contribution in [0.25, 0.3) is 5.52 Å². The highest BCUT2D eigenvalue weighted by Crippen LogP contribution is 2.11. The van der Waals surface area contributed by atoms with Crippen molar-refractivity contribution < 1.29 is 9.90 Å². The van der Waals surface area contributed by atoms with Gasteiger partial charge in [0.1, 0.15) is 0 Å². The number of hydrogen-bond donors (Lipinski definition) is 1. The zero-order valence-electron chi connectivity index (χ0n) is 10.4. The molecule has 1 N–H and O–H groups in total. The summed E-state index contributed by atoms with van der Waals surface area (Å²) in [6.45, 7) is 2.21. The zero-order chi connectivity index (χ0) is 13.1. The van der Waals surface area contributed by atoms with Gasteiger partial charge in [-0.2, -0.15) is 5.10 Å². The molecule has 1 unspecified atom stereocenters. The Balaban J connectivity index is 2.18. The van der Waals surface area contributed by atoms with E-state index < -0.39 is 6.10 Å². The minimum absolute atomic E-state index is 0.112. The Hall–Kier alpha value is -1.95. The maximum absolute atomic E-state index is 12.2. The zero-order valence-corrected chi connectivity index (χ0v) is 10.4. The normalized spacial score (nSPS) is 12.6. The fourth-order valence-electron chi connectivity index (χ4n) is 1.69. The maximum Gasteiger partial charge on any atom is 0.257 e. The summed E-state index contributed by atoms with van der Waals surface area (Å²) in [5.74, 6) is -0.112. The SMILES string of the molecule is CC(O)CCN(C)C(=O)c1cnn2ccncc12. The molecule has 18 heavy (non-hydrogen) atoms. The number of aliphatic hydroxyl groups is 1. The molecule has 0 saturated carbocycles. The van der Waals surface area contributed by atoms with E-state index in [1.54, 1.807) is 42.0 Å². The van der Waals surface area contributed by atoms with Crippen LogP contribution in [-0.4, -0.2) is 50.2 Å². The van der Waals surface area contributed by atoms with E-state index in [1.165, 1.54) is 6.20 Å². The minimum Gasteiger partial charge on any atom is -0.393 e. The van der Waals surface area contributed by atoms with Gasteiger partial charge in [-0.25, -0.2) is 4.52 Å². The molecule has 6 nitrogen and oxygen atoms in total. The summed E-state index contributed by atoms with van der Waals surface area (Å²) in [6, 6.07) is 0. The molecule has 0 aliphatic heterocycles. The highest BCUT2D eigenvalue weighted by Gasteiger charge is 2.17. The smallest absolute Gasteiger partial charge is 0.257 e. The lowest BCUT2D eigenvalue weighted by molar-refractivity contribution is 0.0771. The molecule has 0 aliphatic rings. The second-order valence-corrected chi connectivity index (χ2v) is 4.33. The Kier molecular flexibility index (Phi) is 3.57. The van der Waals surface area contributed by atoms with Gasteiger partial charge in [0.25, 0.3) is 5.91 Å². The van der Waals surface area contributed by atoms with Crippen molar-refractivity contribution >= 4 is 11.4 Å². The average Bonchev–Trinajstić information content (AvgIpc) is 2.78. The summed E-state index contributed by atoms with van der Waals surface area (Å²) < 4.78 is 1.61. The number of amides is 1. The highest BCUT2D eigenvalue weighted by atomic mass is 16.3.